The molecule has 1 aromatic heterocycles. The van der Waals surface area contributed by atoms with E-state index in [2.05, 4.69) is 25.8 Å². The summed E-state index contributed by atoms with van der Waals surface area (Å²) in [5.41, 5.74) is 3.07. The predicted molar refractivity (Wildman–Crippen MR) is 132 cm³/mol. The summed E-state index contributed by atoms with van der Waals surface area (Å²) < 4.78 is 5.47. The molecule has 2 aromatic carbocycles. The summed E-state index contributed by atoms with van der Waals surface area (Å²) >= 11 is 0. The number of hydrogen-bond acceptors (Lipinski definition) is 5. The van der Waals surface area contributed by atoms with Gasteiger partial charge in [-0.2, -0.15) is 0 Å². The van der Waals surface area contributed by atoms with Crippen LogP contribution in [0.5, 0.6) is 5.75 Å². The highest BCUT2D eigenvalue weighted by molar-refractivity contribution is 6.51. The molecule has 0 aliphatic carbocycles. The predicted octanol–water partition coefficient (Wildman–Crippen LogP) is 5.32. The summed E-state index contributed by atoms with van der Waals surface area (Å²) in [6, 6.07) is 17.2. The number of pyridine rings is 1. The topological polar surface area (TPSA) is 79.7 Å². The Bertz CT molecular complexity index is 1290. The third-order valence-corrected chi connectivity index (χ3v) is 6.12. The number of nitrogens with zero attached hydrogens (tertiary/aromatic N) is 2. The Balaban J connectivity index is 1.99. The Morgan fingerprint density at radius 2 is 1.74 bits per heavy atom. The number of ketones is 1. The number of benzene rings is 2. The molecule has 2 heterocycles. The maximum Gasteiger partial charge on any atom is 0.300 e. The Morgan fingerprint density at radius 3 is 2.38 bits per heavy atom. The van der Waals surface area contributed by atoms with E-state index >= 15 is 0 Å². The number of aromatic nitrogens is 1. The first-order valence-electron chi connectivity index (χ1n) is 11.1. The lowest BCUT2D eigenvalue weighted by Gasteiger charge is -2.26. The van der Waals surface area contributed by atoms with E-state index in [0.29, 0.717) is 22.7 Å². The van der Waals surface area contributed by atoms with Crippen LogP contribution < -0.4 is 9.64 Å². The van der Waals surface area contributed by atoms with E-state index in [0.717, 1.165) is 11.1 Å². The van der Waals surface area contributed by atoms with Gasteiger partial charge in [0.1, 0.15) is 17.6 Å². The highest BCUT2D eigenvalue weighted by atomic mass is 16.5. The SMILES string of the molecule is COc1ccccc1N1C(=O)C(=O)/C(=C(/O)c2cc(C(C)(C)C)ccc2C)C1c1ccccn1. The standard InChI is InChI=1S/C28H28N2O4/c1-17-13-14-18(28(2,3)4)16-19(17)25(31)23-24(20-10-8-9-15-29-20)30(27(33)26(23)32)21-11-6-7-12-22(21)34-5/h6-16,24,31H,1-5H3/b25-23+. The van der Waals surface area contributed by atoms with Gasteiger partial charge in [-0.05, 0) is 53.8 Å². The second kappa shape index (κ2) is 8.78. The second-order valence-corrected chi connectivity index (χ2v) is 9.38. The third kappa shape index (κ3) is 3.96. The molecule has 3 aromatic rings. The van der Waals surface area contributed by atoms with E-state index < -0.39 is 17.7 Å². The van der Waals surface area contributed by atoms with Gasteiger partial charge in [-0.3, -0.25) is 19.5 Å². The van der Waals surface area contributed by atoms with Gasteiger partial charge in [0, 0.05) is 11.8 Å². The van der Waals surface area contributed by atoms with Crippen molar-refractivity contribution in [2.75, 3.05) is 12.0 Å². The molecular weight excluding hydrogens is 428 g/mol. The van der Waals surface area contributed by atoms with Crippen LogP contribution in [-0.2, 0) is 15.0 Å². The highest BCUT2D eigenvalue weighted by Gasteiger charge is 2.48. The fourth-order valence-electron chi connectivity index (χ4n) is 4.22. The van der Waals surface area contributed by atoms with Gasteiger partial charge in [0.2, 0.25) is 0 Å². The van der Waals surface area contributed by atoms with E-state index in [1.165, 1.54) is 12.0 Å². The van der Waals surface area contributed by atoms with Gasteiger partial charge in [-0.1, -0.05) is 51.1 Å². The number of para-hydroxylation sites is 2. The molecule has 1 N–H and O–H groups in total. The number of hydrogen-bond donors (Lipinski definition) is 1. The lowest BCUT2D eigenvalue weighted by molar-refractivity contribution is -0.132. The van der Waals surface area contributed by atoms with Crippen molar-refractivity contribution in [1.82, 2.24) is 4.98 Å². The number of ether oxygens (including phenoxy) is 1. The molecule has 1 amide bonds. The van der Waals surface area contributed by atoms with Gasteiger partial charge in [0.05, 0.1) is 24.1 Å². The minimum absolute atomic E-state index is 0.00349. The molecule has 1 atom stereocenters. The quantitative estimate of drug-likeness (QED) is 0.326. The fraction of sp³-hybridized carbons (Fsp3) is 0.250. The molecule has 1 unspecified atom stereocenters. The van der Waals surface area contributed by atoms with Crippen LogP contribution in [0, 0.1) is 6.92 Å². The molecule has 0 bridgehead atoms. The van der Waals surface area contributed by atoms with Crippen LogP contribution in [0.2, 0.25) is 0 Å². The number of carbonyl (C=O) groups is 2. The number of rotatable bonds is 4. The van der Waals surface area contributed by atoms with Crippen molar-refractivity contribution >= 4 is 23.1 Å². The average molecular weight is 457 g/mol. The van der Waals surface area contributed by atoms with Crippen LogP contribution in [0.25, 0.3) is 5.76 Å². The number of methoxy groups -OCH3 is 1. The second-order valence-electron chi connectivity index (χ2n) is 9.38. The van der Waals surface area contributed by atoms with E-state index in [1.807, 2.05) is 25.1 Å². The summed E-state index contributed by atoms with van der Waals surface area (Å²) in [7, 11) is 1.51. The van der Waals surface area contributed by atoms with Crippen LogP contribution in [0.15, 0.2) is 72.4 Å². The number of anilines is 1. The van der Waals surface area contributed by atoms with E-state index in [-0.39, 0.29) is 16.7 Å². The average Bonchev–Trinajstić information content (AvgIpc) is 3.09. The zero-order valence-electron chi connectivity index (χ0n) is 20.0. The molecule has 1 fully saturated rings. The Kier molecular flexibility index (Phi) is 6.00. The van der Waals surface area contributed by atoms with Crippen molar-refractivity contribution < 1.29 is 19.4 Å². The number of aliphatic hydroxyl groups is 1. The number of amides is 1. The molecular formula is C28H28N2O4. The Labute approximate surface area is 199 Å². The van der Waals surface area contributed by atoms with Crippen LogP contribution in [-0.4, -0.2) is 28.9 Å². The van der Waals surface area contributed by atoms with Crippen molar-refractivity contribution in [2.24, 2.45) is 0 Å². The molecule has 174 valence electrons. The maximum absolute atomic E-state index is 13.4. The van der Waals surface area contributed by atoms with E-state index in [1.54, 1.807) is 48.7 Å². The van der Waals surface area contributed by atoms with Gasteiger partial charge in [0.25, 0.3) is 11.7 Å². The zero-order valence-corrected chi connectivity index (χ0v) is 20.0. The minimum atomic E-state index is -0.907. The maximum atomic E-state index is 13.4. The number of Topliss-reactive ketones (excluding diaryl/α,β-unsaturated/α-hetero) is 1. The van der Waals surface area contributed by atoms with Crippen molar-refractivity contribution in [3.8, 4) is 5.75 Å². The van der Waals surface area contributed by atoms with E-state index in [4.69, 9.17) is 4.74 Å². The van der Waals surface area contributed by atoms with Gasteiger partial charge >= 0.3 is 0 Å². The first-order chi connectivity index (χ1) is 16.1. The summed E-state index contributed by atoms with van der Waals surface area (Å²) in [4.78, 5) is 32.6. The number of carbonyl (C=O) groups excluding carboxylic acids is 2. The monoisotopic (exact) mass is 456 g/mol. The van der Waals surface area contributed by atoms with Gasteiger partial charge in [-0.15, -0.1) is 0 Å². The minimum Gasteiger partial charge on any atom is -0.507 e. The van der Waals surface area contributed by atoms with Crippen molar-refractivity contribution in [2.45, 2.75) is 39.2 Å². The van der Waals surface area contributed by atoms with Crippen LogP contribution in [0.3, 0.4) is 0 Å². The zero-order chi connectivity index (χ0) is 24.6. The van der Waals surface area contributed by atoms with Crippen molar-refractivity contribution in [3.05, 3.63) is 94.8 Å². The Hall–Kier alpha value is -3.93. The summed E-state index contributed by atoms with van der Waals surface area (Å²) in [5.74, 6) is -1.28. The first kappa shape index (κ1) is 23.2. The number of aliphatic hydroxyl groups excluding tert-OH is 1. The lowest BCUT2D eigenvalue weighted by atomic mass is 9.84. The molecule has 6 nitrogen and oxygen atoms in total. The van der Waals surface area contributed by atoms with Gasteiger partial charge < -0.3 is 9.84 Å². The normalized spacial score (nSPS) is 17.8. The summed E-state index contributed by atoms with van der Waals surface area (Å²) in [5, 5.41) is 11.5. The van der Waals surface area contributed by atoms with Gasteiger partial charge in [-0.25, -0.2) is 0 Å². The molecule has 1 aliphatic heterocycles. The Morgan fingerprint density at radius 1 is 1.03 bits per heavy atom. The molecule has 0 saturated carbocycles. The van der Waals surface area contributed by atoms with E-state index in [9.17, 15) is 14.7 Å². The van der Waals surface area contributed by atoms with Crippen LogP contribution >= 0.6 is 0 Å². The van der Waals surface area contributed by atoms with Crippen LogP contribution in [0.4, 0.5) is 5.69 Å². The fourth-order valence-corrected chi connectivity index (χ4v) is 4.22. The van der Waals surface area contributed by atoms with Crippen molar-refractivity contribution in [3.63, 3.8) is 0 Å². The molecule has 6 heteroatoms. The number of aryl methyl sites for hydroxylation is 1. The largest absolute Gasteiger partial charge is 0.507 e. The molecule has 1 saturated heterocycles. The smallest absolute Gasteiger partial charge is 0.300 e. The molecule has 0 radical (unpaired) electrons. The summed E-state index contributed by atoms with van der Waals surface area (Å²) in [6.45, 7) is 8.11. The highest BCUT2D eigenvalue weighted by Crippen LogP contribution is 2.44. The van der Waals surface area contributed by atoms with Crippen LogP contribution in [0.1, 0.15) is 49.2 Å². The third-order valence-electron chi connectivity index (χ3n) is 6.12. The molecule has 34 heavy (non-hydrogen) atoms. The molecule has 0 spiro atoms. The molecule has 4 rings (SSSR count). The summed E-state index contributed by atoms with van der Waals surface area (Å²) in [6.07, 6.45) is 1.60. The molecule has 1 aliphatic rings. The lowest BCUT2D eigenvalue weighted by Crippen LogP contribution is -2.30. The van der Waals surface area contributed by atoms with Gasteiger partial charge in [0.15, 0.2) is 0 Å². The van der Waals surface area contributed by atoms with Crippen molar-refractivity contribution in [1.29, 1.82) is 0 Å². The first-order valence-corrected chi connectivity index (χ1v) is 11.1.